The topological polar surface area (TPSA) is 54.4 Å². The minimum Gasteiger partial charge on any atom is -0.281 e. The Balaban J connectivity index is 6.04. The Morgan fingerprint density at radius 2 is 1.13 bits per heavy atom. The van der Waals surface area contributed by atoms with E-state index >= 15 is 0 Å². The molecule has 1 atom stereocenters. The van der Waals surface area contributed by atoms with Crippen molar-refractivity contribution >= 4 is 10.1 Å². The molecule has 0 radical (unpaired) electrons. The summed E-state index contributed by atoms with van der Waals surface area (Å²) in [6.45, 7) is 0. The van der Waals surface area contributed by atoms with E-state index in [-0.39, 0.29) is 0 Å². The third-order valence-corrected chi connectivity index (χ3v) is 3.21. The molecule has 0 fully saturated rings. The summed E-state index contributed by atoms with van der Waals surface area (Å²) in [6.07, 6.45) is -14.4. The van der Waals surface area contributed by atoms with E-state index in [4.69, 9.17) is 4.55 Å². The quantitative estimate of drug-likeness (QED) is 0.551. The van der Waals surface area contributed by atoms with Gasteiger partial charge in [-0.25, -0.2) is 4.39 Å². The second-order valence-electron chi connectivity index (χ2n) is 4.05. The van der Waals surface area contributed by atoms with Crippen LogP contribution >= 0.6 is 0 Å². The molecule has 23 heavy (non-hydrogen) atoms. The Hall–Kier alpha value is -0.930. The molecule has 0 heterocycles. The molecular weight excluding hydrogens is 392 g/mol. The summed E-state index contributed by atoms with van der Waals surface area (Å²) in [5.41, 5.74) is 0. The van der Waals surface area contributed by atoms with E-state index in [2.05, 4.69) is 0 Å². The SMILES string of the molecule is O=S(=O)(O)C(F)(F)C(F)(F)C(F)(F)C(F)(F)C(F)CC(F)(F)F. The first-order valence-corrected chi connectivity index (χ1v) is 6.26. The van der Waals surface area contributed by atoms with E-state index in [1.165, 1.54) is 0 Å². The monoisotopic (exact) mass is 396 g/mol. The van der Waals surface area contributed by atoms with Crippen LogP contribution in [0.25, 0.3) is 0 Å². The van der Waals surface area contributed by atoms with Gasteiger partial charge in [0.05, 0.1) is 6.42 Å². The van der Waals surface area contributed by atoms with Crippen LogP contribution in [0.1, 0.15) is 6.42 Å². The van der Waals surface area contributed by atoms with Gasteiger partial charge in [0.15, 0.2) is 6.17 Å². The van der Waals surface area contributed by atoms with Crippen molar-refractivity contribution in [2.45, 2.75) is 41.8 Å². The van der Waals surface area contributed by atoms with E-state index in [0.29, 0.717) is 0 Å². The summed E-state index contributed by atoms with van der Waals surface area (Å²) in [6, 6.07) is 0. The molecule has 0 bridgehead atoms. The van der Waals surface area contributed by atoms with Crippen molar-refractivity contribution in [3.8, 4) is 0 Å². The van der Waals surface area contributed by atoms with Gasteiger partial charge in [0.25, 0.3) is 0 Å². The molecule has 0 aromatic heterocycles. The average molecular weight is 396 g/mol. The van der Waals surface area contributed by atoms with Crippen LogP contribution in [-0.2, 0) is 10.1 Å². The average Bonchev–Trinajstić information content (AvgIpc) is 2.23. The molecule has 0 rings (SSSR count). The Morgan fingerprint density at radius 1 is 0.783 bits per heavy atom. The Morgan fingerprint density at radius 3 is 1.39 bits per heavy atom. The zero-order chi connectivity index (χ0) is 19.3. The molecule has 0 saturated heterocycles. The Kier molecular flexibility index (Phi) is 5.34. The maximum atomic E-state index is 12.9. The van der Waals surface area contributed by atoms with Gasteiger partial charge in [-0.05, 0) is 0 Å². The minimum absolute atomic E-state index is 3.41. The normalized spacial score (nSPS) is 17.3. The van der Waals surface area contributed by atoms with Crippen molar-refractivity contribution in [3.05, 3.63) is 0 Å². The summed E-state index contributed by atoms with van der Waals surface area (Å²) in [4.78, 5) is 0. The van der Waals surface area contributed by atoms with Gasteiger partial charge in [0.1, 0.15) is 0 Å². The maximum absolute atomic E-state index is 12.9. The second kappa shape index (κ2) is 5.56. The third-order valence-electron chi connectivity index (χ3n) is 2.31. The van der Waals surface area contributed by atoms with E-state index < -0.39 is 51.9 Å². The molecule has 140 valence electrons. The van der Waals surface area contributed by atoms with Gasteiger partial charge in [-0.1, -0.05) is 0 Å². The van der Waals surface area contributed by atoms with E-state index in [0.717, 1.165) is 0 Å². The van der Waals surface area contributed by atoms with Gasteiger partial charge in [0.2, 0.25) is 0 Å². The standard InChI is InChI=1S/C7H4F12O3S/c8-2(1-3(9,10)11)4(12,13)5(14,15)6(16,17)7(18,19)23(20,21)22/h2H,1H2,(H,20,21,22). The van der Waals surface area contributed by atoms with Crippen molar-refractivity contribution in [2.24, 2.45) is 0 Å². The highest BCUT2D eigenvalue weighted by atomic mass is 32.2. The summed E-state index contributed by atoms with van der Waals surface area (Å²) in [7, 11) is -7.41. The van der Waals surface area contributed by atoms with Crippen LogP contribution in [0.3, 0.4) is 0 Å². The molecule has 3 nitrogen and oxygen atoms in total. The highest BCUT2D eigenvalue weighted by molar-refractivity contribution is 7.87. The van der Waals surface area contributed by atoms with Crippen LogP contribution < -0.4 is 0 Å². The van der Waals surface area contributed by atoms with Crippen LogP contribution in [-0.4, -0.2) is 48.3 Å². The highest BCUT2D eigenvalue weighted by Crippen LogP contribution is 2.56. The lowest BCUT2D eigenvalue weighted by molar-refractivity contribution is -0.363. The molecule has 0 spiro atoms. The maximum Gasteiger partial charge on any atom is 0.438 e. The van der Waals surface area contributed by atoms with Gasteiger partial charge in [-0.15, -0.1) is 0 Å². The fourth-order valence-electron chi connectivity index (χ4n) is 1.08. The van der Waals surface area contributed by atoms with Gasteiger partial charge >= 0.3 is 39.3 Å². The Bertz CT molecular complexity index is 535. The predicted molar refractivity (Wildman–Crippen MR) is 46.9 cm³/mol. The largest absolute Gasteiger partial charge is 0.438 e. The molecule has 0 amide bonds. The van der Waals surface area contributed by atoms with E-state index in [9.17, 15) is 61.1 Å². The second-order valence-corrected chi connectivity index (χ2v) is 5.51. The molecule has 0 aromatic rings. The van der Waals surface area contributed by atoms with E-state index in [1.54, 1.807) is 0 Å². The van der Waals surface area contributed by atoms with Gasteiger partial charge in [-0.3, -0.25) is 4.55 Å². The van der Waals surface area contributed by atoms with Crippen molar-refractivity contribution in [1.82, 2.24) is 0 Å². The van der Waals surface area contributed by atoms with Crippen molar-refractivity contribution in [2.75, 3.05) is 0 Å². The fraction of sp³-hybridized carbons (Fsp3) is 1.00. The number of alkyl halides is 12. The molecule has 0 aliphatic rings. The fourth-order valence-corrected chi connectivity index (χ4v) is 1.53. The van der Waals surface area contributed by atoms with E-state index in [1.807, 2.05) is 0 Å². The number of rotatable bonds is 6. The zero-order valence-electron chi connectivity index (χ0n) is 9.99. The first-order chi connectivity index (χ1) is 9.63. The van der Waals surface area contributed by atoms with Crippen LogP contribution in [0.4, 0.5) is 52.7 Å². The van der Waals surface area contributed by atoms with Gasteiger partial charge < -0.3 is 0 Å². The molecule has 0 aliphatic heterocycles. The lowest BCUT2D eigenvalue weighted by atomic mass is 9.98. The van der Waals surface area contributed by atoms with Crippen LogP contribution in [0.5, 0.6) is 0 Å². The van der Waals surface area contributed by atoms with Crippen molar-refractivity contribution in [3.63, 3.8) is 0 Å². The Labute approximate surface area is 119 Å². The van der Waals surface area contributed by atoms with Crippen LogP contribution in [0.2, 0.25) is 0 Å². The highest BCUT2D eigenvalue weighted by Gasteiger charge is 2.86. The summed E-state index contributed by atoms with van der Waals surface area (Å²) in [5.74, 6) is -22.3. The van der Waals surface area contributed by atoms with Gasteiger partial charge in [-0.2, -0.15) is 56.7 Å². The molecule has 0 saturated carbocycles. The first kappa shape index (κ1) is 22.1. The lowest BCUT2D eigenvalue weighted by Crippen LogP contribution is -2.66. The lowest BCUT2D eigenvalue weighted by Gasteiger charge is -2.36. The smallest absolute Gasteiger partial charge is 0.281 e. The molecule has 1 unspecified atom stereocenters. The van der Waals surface area contributed by atoms with Crippen molar-refractivity contribution in [1.29, 1.82) is 0 Å². The van der Waals surface area contributed by atoms with Crippen molar-refractivity contribution < 1.29 is 65.7 Å². The first-order valence-electron chi connectivity index (χ1n) is 4.82. The van der Waals surface area contributed by atoms with Gasteiger partial charge in [0, 0.05) is 0 Å². The number of hydrogen-bond donors (Lipinski definition) is 1. The third kappa shape index (κ3) is 3.61. The number of hydrogen-bond acceptors (Lipinski definition) is 2. The summed E-state index contributed by atoms with van der Waals surface area (Å²) < 4.78 is 177. The summed E-state index contributed by atoms with van der Waals surface area (Å²) in [5, 5.41) is -7.25. The molecule has 16 heteroatoms. The minimum atomic E-state index is -7.65. The number of halogens is 12. The molecule has 1 N–H and O–H groups in total. The predicted octanol–water partition coefficient (Wildman–Crippen LogP) is 3.66. The molecule has 0 aromatic carbocycles. The molecule has 0 aliphatic carbocycles. The zero-order valence-corrected chi connectivity index (χ0v) is 10.8. The molecular formula is C7H4F12O3S. The van der Waals surface area contributed by atoms with Crippen LogP contribution in [0.15, 0.2) is 0 Å². The summed E-state index contributed by atoms with van der Waals surface area (Å²) >= 11 is 0. The van der Waals surface area contributed by atoms with Crippen LogP contribution in [0, 0.1) is 0 Å².